The molecule has 0 aliphatic carbocycles. The predicted molar refractivity (Wildman–Crippen MR) is 73.2 cm³/mol. The lowest BCUT2D eigenvalue weighted by Gasteiger charge is -2.39. The van der Waals surface area contributed by atoms with Gasteiger partial charge in [-0.3, -0.25) is 0 Å². The van der Waals surface area contributed by atoms with Crippen molar-refractivity contribution >= 4 is 5.82 Å². The number of hydrogen-bond donors (Lipinski definition) is 0. The summed E-state index contributed by atoms with van der Waals surface area (Å²) in [5.41, 5.74) is -0.570. The average Bonchev–Trinajstić information content (AvgIpc) is 2.76. The van der Waals surface area contributed by atoms with Crippen molar-refractivity contribution in [1.82, 2.24) is 4.98 Å². The summed E-state index contributed by atoms with van der Waals surface area (Å²) < 4.78 is 44.9. The highest BCUT2D eigenvalue weighted by molar-refractivity contribution is 5.51. The molecule has 1 aromatic rings. The van der Waals surface area contributed by atoms with Crippen LogP contribution in [0.15, 0.2) is 18.3 Å². The Morgan fingerprint density at radius 1 is 1.29 bits per heavy atom. The topological polar surface area (TPSA) is 25.4 Å². The Bertz CT molecular complexity index is 512. The Balaban J connectivity index is 1.92. The molecule has 0 amide bonds. The van der Waals surface area contributed by atoms with Crippen LogP contribution < -0.4 is 4.90 Å². The minimum absolute atomic E-state index is 0.0531. The van der Waals surface area contributed by atoms with Crippen LogP contribution in [0.5, 0.6) is 0 Å². The summed E-state index contributed by atoms with van der Waals surface area (Å²) >= 11 is 0. The van der Waals surface area contributed by atoms with Gasteiger partial charge < -0.3 is 9.64 Å². The Kier molecular flexibility index (Phi) is 3.59. The van der Waals surface area contributed by atoms with Gasteiger partial charge in [0.25, 0.3) is 0 Å². The van der Waals surface area contributed by atoms with Gasteiger partial charge in [0.15, 0.2) is 0 Å². The van der Waals surface area contributed by atoms with E-state index in [0.717, 1.165) is 25.3 Å². The maximum absolute atomic E-state index is 13.2. The normalized spacial score (nSPS) is 25.5. The smallest absolute Gasteiger partial charge is 0.381 e. The van der Waals surface area contributed by atoms with Crippen LogP contribution in [0.3, 0.4) is 0 Å². The quantitative estimate of drug-likeness (QED) is 0.794. The zero-order chi connectivity index (χ0) is 15.1. The minimum atomic E-state index is -4.37. The van der Waals surface area contributed by atoms with Crippen molar-refractivity contribution in [3.05, 3.63) is 23.9 Å². The van der Waals surface area contributed by atoms with Gasteiger partial charge in [-0.05, 0) is 43.7 Å². The fraction of sp³-hybridized carbons (Fsp3) is 0.667. The largest absolute Gasteiger partial charge is 0.419 e. The van der Waals surface area contributed by atoms with E-state index in [-0.39, 0.29) is 17.3 Å². The number of hydrogen-bond acceptors (Lipinski definition) is 3. The van der Waals surface area contributed by atoms with Crippen LogP contribution in [0, 0.1) is 5.41 Å². The van der Waals surface area contributed by atoms with Crippen LogP contribution in [0.1, 0.15) is 31.7 Å². The van der Waals surface area contributed by atoms with Crippen molar-refractivity contribution in [2.75, 3.05) is 24.7 Å². The van der Waals surface area contributed by atoms with E-state index in [1.807, 2.05) is 11.8 Å². The molecule has 6 heteroatoms. The van der Waals surface area contributed by atoms with E-state index >= 15 is 0 Å². The molecule has 2 saturated heterocycles. The lowest BCUT2D eigenvalue weighted by atomic mass is 9.74. The van der Waals surface area contributed by atoms with E-state index in [2.05, 4.69) is 4.98 Å². The van der Waals surface area contributed by atoms with Gasteiger partial charge in [-0.15, -0.1) is 0 Å². The SMILES string of the molecule is CC1N(c2ncccc2C(F)(F)F)CCC12CCOCC2. The van der Waals surface area contributed by atoms with Crippen molar-refractivity contribution < 1.29 is 17.9 Å². The van der Waals surface area contributed by atoms with Gasteiger partial charge >= 0.3 is 6.18 Å². The summed E-state index contributed by atoms with van der Waals surface area (Å²) in [6, 6.07) is 2.51. The van der Waals surface area contributed by atoms with Gasteiger partial charge in [-0.25, -0.2) is 4.98 Å². The third-order valence-corrected chi connectivity index (χ3v) is 5.06. The number of alkyl halides is 3. The van der Waals surface area contributed by atoms with E-state index in [1.165, 1.54) is 12.3 Å². The maximum atomic E-state index is 13.2. The molecule has 0 bridgehead atoms. The summed E-state index contributed by atoms with van der Waals surface area (Å²) in [5.74, 6) is 0.0702. The van der Waals surface area contributed by atoms with E-state index in [4.69, 9.17) is 4.74 Å². The second-order valence-corrected chi connectivity index (χ2v) is 5.97. The first-order valence-electron chi connectivity index (χ1n) is 7.31. The number of halogens is 3. The molecule has 21 heavy (non-hydrogen) atoms. The molecular formula is C15H19F3N2O. The van der Waals surface area contributed by atoms with Crippen LogP contribution in [-0.2, 0) is 10.9 Å². The van der Waals surface area contributed by atoms with E-state index in [9.17, 15) is 13.2 Å². The lowest BCUT2D eigenvalue weighted by Crippen LogP contribution is -2.41. The van der Waals surface area contributed by atoms with Crippen LogP contribution in [-0.4, -0.2) is 30.8 Å². The first-order chi connectivity index (χ1) is 9.94. The van der Waals surface area contributed by atoms with Crippen molar-refractivity contribution in [2.24, 2.45) is 5.41 Å². The third-order valence-electron chi connectivity index (χ3n) is 5.06. The molecular weight excluding hydrogens is 281 g/mol. The highest BCUT2D eigenvalue weighted by Crippen LogP contribution is 2.47. The molecule has 1 spiro atoms. The van der Waals surface area contributed by atoms with Gasteiger partial charge in [0.05, 0.1) is 5.56 Å². The molecule has 2 fully saturated rings. The molecule has 1 atom stereocenters. The molecule has 1 aromatic heterocycles. The Morgan fingerprint density at radius 2 is 2.00 bits per heavy atom. The minimum Gasteiger partial charge on any atom is -0.381 e. The van der Waals surface area contributed by atoms with E-state index in [0.29, 0.717) is 19.8 Å². The number of rotatable bonds is 1. The Hall–Kier alpha value is -1.30. The van der Waals surface area contributed by atoms with Crippen molar-refractivity contribution in [1.29, 1.82) is 0 Å². The highest BCUT2D eigenvalue weighted by Gasteiger charge is 2.47. The number of anilines is 1. The number of nitrogens with zero attached hydrogens (tertiary/aromatic N) is 2. The molecule has 116 valence electrons. The van der Waals surface area contributed by atoms with Crippen LogP contribution in [0.4, 0.5) is 19.0 Å². The van der Waals surface area contributed by atoms with Crippen LogP contribution in [0.25, 0.3) is 0 Å². The Morgan fingerprint density at radius 3 is 2.67 bits per heavy atom. The predicted octanol–water partition coefficient (Wildman–Crippen LogP) is 3.50. The third kappa shape index (κ3) is 2.50. The fourth-order valence-corrected chi connectivity index (χ4v) is 3.66. The van der Waals surface area contributed by atoms with E-state index in [1.54, 1.807) is 0 Å². The van der Waals surface area contributed by atoms with Crippen molar-refractivity contribution in [2.45, 2.75) is 38.4 Å². The van der Waals surface area contributed by atoms with Gasteiger partial charge in [0.1, 0.15) is 5.82 Å². The number of pyridine rings is 1. The standard InChI is InChI=1S/C15H19F3N2O/c1-11-14(5-9-21-10-6-14)4-8-20(11)13-12(15(16,17)18)3-2-7-19-13/h2-3,7,11H,4-6,8-10H2,1H3. The zero-order valence-electron chi connectivity index (χ0n) is 12.0. The molecule has 3 heterocycles. The van der Waals surface area contributed by atoms with Gasteiger partial charge in [-0.1, -0.05) is 0 Å². The molecule has 3 rings (SSSR count). The van der Waals surface area contributed by atoms with Crippen molar-refractivity contribution in [3.8, 4) is 0 Å². The molecule has 2 aliphatic rings. The summed E-state index contributed by atoms with van der Waals surface area (Å²) in [4.78, 5) is 5.86. The molecule has 2 aliphatic heterocycles. The number of ether oxygens (including phenoxy) is 1. The van der Waals surface area contributed by atoms with Crippen LogP contribution >= 0.6 is 0 Å². The molecule has 0 N–H and O–H groups in total. The van der Waals surface area contributed by atoms with Gasteiger partial charge in [0.2, 0.25) is 0 Å². The molecule has 0 aromatic carbocycles. The lowest BCUT2D eigenvalue weighted by molar-refractivity contribution is -0.137. The second-order valence-electron chi connectivity index (χ2n) is 5.97. The zero-order valence-corrected chi connectivity index (χ0v) is 12.0. The highest BCUT2D eigenvalue weighted by atomic mass is 19.4. The fourth-order valence-electron chi connectivity index (χ4n) is 3.66. The van der Waals surface area contributed by atoms with E-state index < -0.39 is 11.7 Å². The van der Waals surface area contributed by atoms with Crippen LogP contribution in [0.2, 0.25) is 0 Å². The summed E-state index contributed by atoms with van der Waals surface area (Å²) in [6.45, 7) is 4.05. The maximum Gasteiger partial charge on any atom is 0.419 e. The molecule has 1 unspecified atom stereocenters. The summed E-state index contributed by atoms with van der Waals surface area (Å²) in [7, 11) is 0. The number of aromatic nitrogens is 1. The van der Waals surface area contributed by atoms with Crippen molar-refractivity contribution in [3.63, 3.8) is 0 Å². The summed E-state index contributed by atoms with van der Waals surface area (Å²) in [5, 5.41) is 0. The average molecular weight is 300 g/mol. The van der Waals surface area contributed by atoms with Gasteiger partial charge in [-0.2, -0.15) is 13.2 Å². The molecule has 3 nitrogen and oxygen atoms in total. The first-order valence-corrected chi connectivity index (χ1v) is 7.31. The second kappa shape index (κ2) is 5.16. The first kappa shape index (κ1) is 14.6. The molecule has 0 radical (unpaired) electrons. The Labute approximate surface area is 122 Å². The summed E-state index contributed by atoms with van der Waals surface area (Å²) in [6.07, 6.45) is -0.190. The molecule has 0 saturated carbocycles. The monoisotopic (exact) mass is 300 g/mol. The van der Waals surface area contributed by atoms with Gasteiger partial charge in [0, 0.05) is 32.0 Å².